The van der Waals surface area contributed by atoms with E-state index in [4.69, 9.17) is 21.1 Å². The minimum Gasteiger partial charge on any atom is -0.494 e. The Labute approximate surface area is 169 Å². The highest BCUT2D eigenvalue weighted by molar-refractivity contribution is 8.01. The van der Waals surface area contributed by atoms with E-state index >= 15 is 0 Å². The minimum absolute atomic E-state index is 0.161. The number of rotatable bonds is 7. The summed E-state index contributed by atoms with van der Waals surface area (Å²) in [7, 11) is -3.73. The van der Waals surface area contributed by atoms with Crippen molar-refractivity contribution < 1.29 is 17.9 Å². The first-order chi connectivity index (χ1) is 13.0. The summed E-state index contributed by atoms with van der Waals surface area (Å²) in [5, 5.41) is 0.342. The molecule has 0 saturated carbocycles. The quantitative estimate of drug-likeness (QED) is 0.647. The Morgan fingerprint density at radius 3 is 2.48 bits per heavy atom. The zero-order valence-electron chi connectivity index (χ0n) is 15.2. The summed E-state index contributed by atoms with van der Waals surface area (Å²) in [6, 6.07) is 12.2. The normalized spacial score (nSPS) is 17.8. The van der Waals surface area contributed by atoms with Gasteiger partial charge in [-0.25, -0.2) is 8.42 Å². The van der Waals surface area contributed by atoms with Crippen molar-refractivity contribution in [2.45, 2.75) is 24.1 Å². The van der Waals surface area contributed by atoms with E-state index < -0.39 is 10.0 Å². The summed E-state index contributed by atoms with van der Waals surface area (Å²) in [5.41, 5.74) is 0.911. The maximum atomic E-state index is 13.4. The number of hydrogen-bond donors (Lipinski definition) is 0. The van der Waals surface area contributed by atoms with Crippen LogP contribution in [0.3, 0.4) is 0 Å². The van der Waals surface area contributed by atoms with Crippen molar-refractivity contribution in [1.29, 1.82) is 0 Å². The number of sulfonamides is 1. The minimum atomic E-state index is -3.73. The predicted octanol–water partition coefficient (Wildman–Crippen LogP) is 4.57. The Bertz CT molecular complexity index is 887. The third-order valence-corrected chi connectivity index (χ3v) is 7.67. The Kier molecular flexibility index (Phi) is 6.57. The molecular weight excluding hydrogens is 406 g/mol. The smallest absolute Gasteiger partial charge is 0.248 e. The summed E-state index contributed by atoms with van der Waals surface area (Å²) in [6.45, 7) is 5.01. The highest BCUT2D eigenvalue weighted by Gasteiger charge is 2.38. The summed E-state index contributed by atoms with van der Waals surface area (Å²) in [6.07, 6.45) is 0. The fourth-order valence-corrected chi connectivity index (χ4v) is 6.42. The second kappa shape index (κ2) is 8.73. The van der Waals surface area contributed by atoms with E-state index in [1.54, 1.807) is 42.1 Å². The summed E-state index contributed by atoms with van der Waals surface area (Å²) in [4.78, 5) is 0.161. The van der Waals surface area contributed by atoms with Crippen LogP contribution in [-0.2, 0) is 10.0 Å². The standard InChI is InChI=1S/C19H22ClNO4S2/c1-3-24-16-9-10-18(17(13-16)25-4-2)27(22,23)21-11-12-26-19(21)14-5-7-15(20)8-6-14/h5-10,13,19H,3-4,11-12H2,1-2H3. The van der Waals surface area contributed by atoms with Crippen molar-refractivity contribution in [3.63, 3.8) is 0 Å². The van der Waals surface area contributed by atoms with E-state index in [1.165, 1.54) is 4.31 Å². The lowest BCUT2D eigenvalue weighted by atomic mass is 10.2. The molecular formula is C19H22ClNO4S2. The molecule has 0 aromatic heterocycles. The van der Waals surface area contributed by atoms with E-state index in [9.17, 15) is 8.42 Å². The Morgan fingerprint density at radius 1 is 1.11 bits per heavy atom. The molecule has 0 spiro atoms. The second-order valence-electron chi connectivity index (χ2n) is 5.87. The lowest BCUT2D eigenvalue weighted by Gasteiger charge is -2.25. The van der Waals surface area contributed by atoms with Crippen LogP contribution in [0.4, 0.5) is 0 Å². The van der Waals surface area contributed by atoms with Crippen LogP contribution in [-0.4, -0.2) is 38.2 Å². The van der Waals surface area contributed by atoms with Crippen LogP contribution in [0, 0.1) is 0 Å². The molecule has 2 aromatic rings. The van der Waals surface area contributed by atoms with Crippen molar-refractivity contribution >= 4 is 33.4 Å². The van der Waals surface area contributed by atoms with E-state index in [0.29, 0.717) is 36.3 Å². The van der Waals surface area contributed by atoms with Crippen molar-refractivity contribution in [3.05, 3.63) is 53.1 Å². The van der Waals surface area contributed by atoms with Gasteiger partial charge >= 0.3 is 0 Å². The number of halogens is 1. The zero-order valence-corrected chi connectivity index (χ0v) is 17.6. The molecule has 1 aliphatic heterocycles. The third kappa shape index (κ3) is 4.37. The zero-order chi connectivity index (χ0) is 19.4. The molecule has 5 nitrogen and oxygen atoms in total. The van der Waals surface area contributed by atoms with E-state index in [1.807, 2.05) is 26.0 Å². The van der Waals surface area contributed by atoms with Crippen LogP contribution in [0.5, 0.6) is 11.5 Å². The topological polar surface area (TPSA) is 55.8 Å². The maximum Gasteiger partial charge on any atom is 0.248 e. The molecule has 1 saturated heterocycles. The van der Waals surface area contributed by atoms with Gasteiger partial charge in [-0.15, -0.1) is 11.8 Å². The Balaban J connectivity index is 1.98. The molecule has 0 amide bonds. The molecule has 0 N–H and O–H groups in total. The molecule has 2 aromatic carbocycles. The molecule has 0 aliphatic carbocycles. The molecule has 1 fully saturated rings. The molecule has 1 unspecified atom stereocenters. The van der Waals surface area contributed by atoms with Crippen molar-refractivity contribution in [2.24, 2.45) is 0 Å². The van der Waals surface area contributed by atoms with Gasteiger partial charge in [-0.1, -0.05) is 23.7 Å². The molecule has 27 heavy (non-hydrogen) atoms. The van der Waals surface area contributed by atoms with Gasteiger partial charge in [0.25, 0.3) is 0 Å². The van der Waals surface area contributed by atoms with Crippen LogP contribution < -0.4 is 9.47 Å². The summed E-state index contributed by atoms with van der Waals surface area (Å²) in [5.74, 6) is 1.63. The lowest BCUT2D eigenvalue weighted by Crippen LogP contribution is -2.31. The predicted molar refractivity (Wildman–Crippen MR) is 109 cm³/mol. The van der Waals surface area contributed by atoms with Crippen LogP contribution >= 0.6 is 23.4 Å². The number of thioether (sulfide) groups is 1. The Hall–Kier alpha value is -1.41. The van der Waals surface area contributed by atoms with Crippen molar-refractivity contribution in [3.8, 4) is 11.5 Å². The first-order valence-corrected chi connectivity index (χ1v) is 11.6. The molecule has 1 atom stereocenters. The van der Waals surface area contributed by atoms with Gasteiger partial charge in [-0.3, -0.25) is 0 Å². The fourth-order valence-electron chi connectivity index (χ4n) is 2.94. The molecule has 8 heteroatoms. The van der Waals surface area contributed by atoms with Gasteiger partial charge in [-0.05, 0) is 43.7 Å². The molecule has 0 radical (unpaired) electrons. The van der Waals surface area contributed by atoms with Gasteiger partial charge in [0, 0.05) is 23.4 Å². The average Bonchev–Trinajstić information content (AvgIpc) is 3.14. The van der Waals surface area contributed by atoms with Crippen LogP contribution in [0.15, 0.2) is 47.4 Å². The maximum absolute atomic E-state index is 13.4. The number of benzene rings is 2. The number of hydrogen-bond acceptors (Lipinski definition) is 5. The molecule has 146 valence electrons. The van der Waals surface area contributed by atoms with E-state index in [2.05, 4.69) is 0 Å². The summed E-state index contributed by atoms with van der Waals surface area (Å²) < 4.78 is 39.5. The lowest BCUT2D eigenvalue weighted by molar-refractivity contribution is 0.315. The summed E-state index contributed by atoms with van der Waals surface area (Å²) >= 11 is 7.57. The van der Waals surface area contributed by atoms with Crippen molar-refractivity contribution in [2.75, 3.05) is 25.5 Å². The molecule has 0 bridgehead atoms. The van der Waals surface area contributed by atoms with Gasteiger partial charge in [0.1, 0.15) is 16.4 Å². The van der Waals surface area contributed by atoms with Gasteiger partial charge in [0.2, 0.25) is 10.0 Å². The first kappa shape index (κ1) is 20.3. The molecule has 3 rings (SSSR count). The third-order valence-electron chi connectivity index (χ3n) is 4.12. The van der Waals surface area contributed by atoms with Crippen LogP contribution in [0.2, 0.25) is 5.02 Å². The second-order valence-corrected chi connectivity index (χ2v) is 9.35. The van der Waals surface area contributed by atoms with E-state index in [0.717, 1.165) is 11.3 Å². The van der Waals surface area contributed by atoms with Gasteiger partial charge in [0.05, 0.1) is 18.6 Å². The fraction of sp³-hybridized carbons (Fsp3) is 0.368. The largest absolute Gasteiger partial charge is 0.494 e. The van der Waals surface area contributed by atoms with Crippen molar-refractivity contribution in [1.82, 2.24) is 4.31 Å². The highest BCUT2D eigenvalue weighted by Crippen LogP contribution is 2.43. The number of ether oxygens (including phenoxy) is 2. The van der Waals surface area contributed by atoms with Gasteiger partial charge in [0.15, 0.2) is 0 Å². The SMILES string of the molecule is CCOc1ccc(S(=O)(=O)N2CCSC2c2ccc(Cl)cc2)c(OCC)c1. The van der Waals surface area contributed by atoms with Crippen LogP contribution in [0.25, 0.3) is 0 Å². The average molecular weight is 428 g/mol. The van der Waals surface area contributed by atoms with Gasteiger partial charge in [-0.2, -0.15) is 4.31 Å². The molecule has 1 heterocycles. The van der Waals surface area contributed by atoms with Gasteiger partial charge < -0.3 is 9.47 Å². The number of nitrogens with zero attached hydrogens (tertiary/aromatic N) is 1. The highest BCUT2D eigenvalue weighted by atomic mass is 35.5. The first-order valence-electron chi connectivity index (χ1n) is 8.76. The monoisotopic (exact) mass is 427 g/mol. The van der Waals surface area contributed by atoms with Crippen LogP contribution in [0.1, 0.15) is 24.8 Å². The molecule has 1 aliphatic rings. The Morgan fingerprint density at radius 2 is 1.81 bits per heavy atom. The van der Waals surface area contributed by atoms with E-state index in [-0.39, 0.29) is 10.3 Å².